The van der Waals surface area contributed by atoms with Crippen LogP contribution in [0.1, 0.15) is 10.4 Å². The molecular weight excluding hydrogens is 348 g/mol. The number of anilines is 1. The van der Waals surface area contributed by atoms with Gasteiger partial charge in [-0.1, -0.05) is 17.7 Å². The molecule has 2 rings (SSSR count). The lowest BCUT2D eigenvalue weighted by atomic mass is 10.2. The van der Waals surface area contributed by atoms with Gasteiger partial charge in [0.1, 0.15) is 0 Å². The van der Waals surface area contributed by atoms with E-state index in [0.717, 1.165) is 0 Å². The van der Waals surface area contributed by atoms with Crippen molar-refractivity contribution < 1.29 is 9.72 Å². The van der Waals surface area contributed by atoms with Crippen LogP contribution < -0.4 is 5.32 Å². The Hall–Kier alpha value is -1.92. The molecule has 0 spiro atoms. The Kier molecular flexibility index (Phi) is 4.36. The molecule has 0 aliphatic heterocycles. The summed E-state index contributed by atoms with van der Waals surface area (Å²) in [4.78, 5) is 22.2. The van der Waals surface area contributed by atoms with Gasteiger partial charge in [-0.2, -0.15) is 0 Å². The third kappa shape index (κ3) is 3.34. The van der Waals surface area contributed by atoms with Crippen molar-refractivity contribution in [2.45, 2.75) is 0 Å². The third-order valence-electron chi connectivity index (χ3n) is 2.50. The van der Waals surface area contributed by atoms with Crippen molar-refractivity contribution in [2.24, 2.45) is 0 Å². The molecule has 1 N–H and O–H groups in total. The molecule has 0 atom stereocenters. The molecule has 0 aliphatic carbocycles. The molecule has 20 heavy (non-hydrogen) atoms. The average Bonchev–Trinajstić information content (AvgIpc) is 2.42. The Bertz CT molecular complexity index is 691. The molecular formula is C13H8BrClN2O3. The summed E-state index contributed by atoms with van der Waals surface area (Å²) in [5.41, 5.74) is 0.670. The van der Waals surface area contributed by atoms with E-state index in [0.29, 0.717) is 20.7 Å². The highest BCUT2D eigenvalue weighted by Crippen LogP contribution is 2.24. The predicted octanol–water partition coefficient (Wildman–Crippen LogP) is 4.26. The second-order valence-electron chi connectivity index (χ2n) is 3.89. The minimum Gasteiger partial charge on any atom is -0.322 e. The summed E-state index contributed by atoms with van der Waals surface area (Å²) in [7, 11) is 0. The Labute approximate surface area is 127 Å². The van der Waals surface area contributed by atoms with Crippen LogP contribution in [0.25, 0.3) is 0 Å². The predicted molar refractivity (Wildman–Crippen MR) is 80.2 cm³/mol. The number of halogens is 2. The molecule has 2 aromatic rings. The summed E-state index contributed by atoms with van der Waals surface area (Å²) in [5.74, 6) is -0.372. The lowest BCUT2D eigenvalue weighted by Gasteiger charge is -2.06. The van der Waals surface area contributed by atoms with Crippen molar-refractivity contribution in [2.75, 3.05) is 5.32 Å². The molecule has 0 heterocycles. The van der Waals surface area contributed by atoms with Crippen molar-refractivity contribution in [3.63, 3.8) is 0 Å². The molecule has 5 nitrogen and oxygen atoms in total. The first-order valence-corrected chi connectivity index (χ1v) is 6.65. The van der Waals surface area contributed by atoms with E-state index in [1.807, 2.05) is 0 Å². The van der Waals surface area contributed by atoms with E-state index in [4.69, 9.17) is 11.6 Å². The van der Waals surface area contributed by atoms with Crippen molar-refractivity contribution >= 4 is 44.8 Å². The van der Waals surface area contributed by atoms with E-state index in [9.17, 15) is 14.9 Å². The van der Waals surface area contributed by atoms with Crippen molar-refractivity contribution in [3.8, 4) is 0 Å². The summed E-state index contributed by atoms with van der Waals surface area (Å²) in [6.45, 7) is 0. The van der Waals surface area contributed by atoms with Crippen LogP contribution in [0.5, 0.6) is 0 Å². The Morgan fingerprint density at radius 2 is 2.00 bits per heavy atom. The van der Waals surface area contributed by atoms with Gasteiger partial charge in [-0.3, -0.25) is 14.9 Å². The molecule has 0 fully saturated rings. The summed E-state index contributed by atoms with van der Waals surface area (Å²) in [6.07, 6.45) is 0. The largest absolute Gasteiger partial charge is 0.322 e. The maximum absolute atomic E-state index is 12.0. The van der Waals surface area contributed by atoms with Crippen LogP contribution in [0.2, 0.25) is 5.02 Å². The summed E-state index contributed by atoms with van der Waals surface area (Å²) >= 11 is 9.08. The number of benzene rings is 2. The standard InChI is InChI=1S/C13H8BrClN2O3/c14-11-6-8(4-5-12(11)15)13(18)16-9-2-1-3-10(7-9)17(19)20/h1-7H,(H,16,18). The second kappa shape index (κ2) is 6.02. The molecule has 0 aliphatic rings. The fraction of sp³-hybridized carbons (Fsp3) is 0. The highest BCUT2D eigenvalue weighted by atomic mass is 79.9. The molecule has 0 unspecified atom stereocenters. The zero-order valence-electron chi connectivity index (χ0n) is 9.97. The number of hydrogen-bond donors (Lipinski definition) is 1. The fourth-order valence-corrected chi connectivity index (χ4v) is 2.03. The van der Waals surface area contributed by atoms with Gasteiger partial charge in [0.2, 0.25) is 0 Å². The zero-order valence-corrected chi connectivity index (χ0v) is 12.3. The van der Waals surface area contributed by atoms with Crippen LogP contribution in [0.3, 0.4) is 0 Å². The number of amides is 1. The summed E-state index contributed by atoms with van der Waals surface area (Å²) < 4.78 is 0.603. The van der Waals surface area contributed by atoms with Crippen molar-refractivity contribution in [3.05, 3.63) is 67.6 Å². The first-order valence-electron chi connectivity index (χ1n) is 5.48. The molecule has 0 bridgehead atoms. The average molecular weight is 356 g/mol. The molecule has 7 heteroatoms. The van der Waals surface area contributed by atoms with Crippen LogP contribution in [0, 0.1) is 10.1 Å². The molecule has 0 aromatic heterocycles. The smallest absolute Gasteiger partial charge is 0.271 e. The Morgan fingerprint density at radius 1 is 1.25 bits per heavy atom. The number of rotatable bonds is 3. The maximum Gasteiger partial charge on any atom is 0.271 e. The minimum absolute atomic E-state index is 0.0833. The lowest BCUT2D eigenvalue weighted by Crippen LogP contribution is -2.11. The molecule has 1 amide bonds. The molecule has 2 aromatic carbocycles. The van der Waals surface area contributed by atoms with E-state index in [1.165, 1.54) is 18.2 Å². The monoisotopic (exact) mass is 354 g/mol. The van der Waals surface area contributed by atoms with Gasteiger partial charge in [-0.25, -0.2) is 0 Å². The first kappa shape index (κ1) is 14.5. The van der Waals surface area contributed by atoms with E-state index < -0.39 is 4.92 Å². The van der Waals surface area contributed by atoms with Gasteiger partial charge in [0.05, 0.1) is 9.95 Å². The van der Waals surface area contributed by atoms with Crippen LogP contribution in [0.15, 0.2) is 46.9 Å². The Balaban J connectivity index is 2.21. The maximum atomic E-state index is 12.0. The van der Waals surface area contributed by atoms with Gasteiger partial charge < -0.3 is 5.32 Å². The van der Waals surface area contributed by atoms with Crippen LogP contribution >= 0.6 is 27.5 Å². The summed E-state index contributed by atoms with van der Waals surface area (Å²) in [6, 6.07) is 10.5. The minimum atomic E-state index is -0.519. The third-order valence-corrected chi connectivity index (χ3v) is 3.71. The van der Waals surface area contributed by atoms with Gasteiger partial charge in [-0.15, -0.1) is 0 Å². The van der Waals surface area contributed by atoms with E-state index >= 15 is 0 Å². The number of nitro groups is 1. The van der Waals surface area contributed by atoms with Crippen LogP contribution in [-0.2, 0) is 0 Å². The van der Waals surface area contributed by atoms with E-state index in [2.05, 4.69) is 21.2 Å². The summed E-state index contributed by atoms with van der Waals surface area (Å²) in [5, 5.41) is 13.8. The first-order chi connectivity index (χ1) is 9.47. The number of nitrogens with zero attached hydrogens (tertiary/aromatic N) is 1. The molecule has 0 saturated heterocycles. The highest BCUT2D eigenvalue weighted by molar-refractivity contribution is 9.10. The zero-order chi connectivity index (χ0) is 14.7. The van der Waals surface area contributed by atoms with Crippen molar-refractivity contribution in [1.82, 2.24) is 0 Å². The quantitative estimate of drug-likeness (QED) is 0.660. The number of hydrogen-bond acceptors (Lipinski definition) is 3. The van der Waals surface area contributed by atoms with E-state index in [1.54, 1.807) is 24.3 Å². The molecule has 0 radical (unpaired) electrons. The number of nitrogens with one attached hydrogen (secondary N) is 1. The second-order valence-corrected chi connectivity index (χ2v) is 5.15. The molecule has 0 saturated carbocycles. The SMILES string of the molecule is O=C(Nc1cccc([N+](=O)[O-])c1)c1ccc(Cl)c(Br)c1. The van der Waals surface area contributed by atoms with Gasteiger partial charge in [0.15, 0.2) is 0 Å². The molecule has 102 valence electrons. The number of carbonyl (C=O) groups excluding carboxylic acids is 1. The number of carbonyl (C=O) groups is 1. The Morgan fingerprint density at radius 3 is 2.65 bits per heavy atom. The van der Waals surface area contributed by atoms with Gasteiger partial charge in [0, 0.05) is 27.9 Å². The number of nitro benzene ring substituents is 1. The number of non-ortho nitro benzene ring substituents is 1. The van der Waals surface area contributed by atoms with Gasteiger partial charge in [0.25, 0.3) is 11.6 Å². The lowest BCUT2D eigenvalue weighted by molar-refractivity contribution is -0.384. The fourth-order valence-electron chi connectivity index (χ4n) is 1.54. The van der Waals surface area contributed by atoms with Gasteiger partial charge in [-0.05, 0) is 40.2 Å². The van der Waals surface area contributed by atoms with Gasteiger partial charge >= 0.3 is 0 Å². The van der Waals surface area contributed by atoms with Crippen molar-refractivity contribution in [1.29, 1.82) is 0 Å². The topological polar surface area (TPSA) is 72.2 Å². The normalized spacial score (nSPS) is 10.1. The highest BCUT2D eigenvalue weighted by Gasteiger charge is 2.11. The van der Waals surface area contributed by atoms with Crippen LogP contribution in [0.4, 0.5) is 11.4 Å². The van der Waals surface area contributed by atoms with E-state index in [-0.39, 0.29) is 11.6 Å². The van der Waals surface area contributed by atoms with Crippen LogP contribution in [-0.4, -0.2) is 10.8 Å².